The van der Waals surface area contributed by atoms with E-state index in [1.807, 2.05) is 0 Å². The Morgan fingerprint density at radius 3 is 2.27 bits per heavy atom. The van der Waals surface area contributed by atoms with Gasteiger partial charge in [0.05, 0.1) is 11.3 Å². The first kappa shape index (κ1) is 20.3. The number of nitrogens with zero attached hydrogens (tertiary/aromatic N) is 1. The van der Waals surface area contributed by atoms with E-state index in [9.17, 15) is 30.4 Å². The molecule has 9 heteroatoms. The summed E-state index contributed by atoms with van der Waals surface area (Å²) in [7, 11) is -2.77. The standard InChI is InChI=1S/C17H16F5NO2S/c1-11(13-6-7-15(18)16(19)9-13)23(2)26(24,25)10-12-4-3-5-14(8-12)17(20,21)22/h3-9,11H,10H2,1-2H3. The monoisotopic (exact) mass is 393 g/mol. The van der Waals surface area contributed by atoms with Crippen molar-refractivity contribution in [3.05, 3.63) is 70.8 Å². The van der Waals surface area contributed by atoms with Gasteiger partial charge in [-0.2, -0.15) is 17.5 Å². The Kier molecular flexibility index (Phi) is 5.72. The van der Waals surface area contributed by atoms with Crippen molar-refractivity contribution in [1.82, 2.24) is 4.31 Å². The van der Waals surface area contributed by atoms with Crippen LogP contribution >= 0.6 is 0 Å². The number of halogens is 5. The third kappa shape index (κ3) is 4.59. The number of sulfonamides is 1. The normalized spacial score (nSPS) is 13.8. The molecule has 0 fully saturated rings. The van der Waals surface area contributed by atoms with Gasteiger partial charge in [-0.25, -0.2) is 17.2 Å². The highest BCUT2D eigenvalue weighted by molar-refractivity contribution is 7.88. The lowest BCUT2D eigenvalue weighted by molar-refractivity contribution is -0.137. The molecule has 0 saturated carbocycles. The van der Waals surface area contributed by atoms with Crippen LogP contribution in [-0.4, -0.2) is 19.8 Å². The van der Waals surface area contributed by atoms with Crippen LogP contribution in [0.25, 0.3) is 0 Å². The van der Waals surface area contributed by atoms with E-state index in [2.05, 4.69) is 0 Å². The third-order valence-corrected chi connectivity index (χ3v) is 5.91. The van der Waals surface area contributed by atoms with Crippen LogP contribution in [0.2, 0.25) is 0 Å². The minimum Gasteiger partial charge on any atom is -0.212 e. The van der Waals surface area contributed by atoms with Gasteiger partial charge >= 0.3 is 6.18 Å². The van der Waals surface area contributed by atoms with Crippen LogP contribution < -0.4 is 0 Å². The van der Waals surface area contributed by atoms with Crippen LogP contribution in [0.15, 0.2) is 42.5 Å². The van der Waals surface area contributed by atoms with Gasteiger partial charge < -0.3 is 0 Å². The molecule has 26 heavy (non-hydrogen) atoms. The molecule has 3 nitrogen and oxygen atoms in total. The van der Waals surface area contributed by atoms with Crippen LogP contribution in [0.4, 0.5) is 22.0 Å². The molecular formula is C17H16F5NO2S. The summed E-state index contributed by atoms with van der Waals surface area (Å²) in [6, 6.07) is 6.22. The predicted molar refractivity (Wildman–Crippen MR) is 86.6 cm³/mol. The summed E-state index contributed by atoms with van der Waals surface area (Å²) >= 11 is 0. The molecule has 0 radical (unpaired) electrons. The van der Waals surface area contributed by atoms with Gasteiger partial charge in [0, 0.05) is 13.1 Å². The first-order valence-electron chi connectivity index (χ1n) is 7.48. The zero-order valence-corrected chi connectivity index (χ0v) is 14.7. The van der Waals surface area contributed by atoms with Crippen molar-refractivity contribution in [3.63, 3.8) is 0 Å². The van der Waals surface area contributed by atoms with E-state index in [4.69, 9.17) is 0 Å². The fourth-order valence-electron chi connectivity index (χ4n) is 2.37. The fraction of sp³-hybridized carbons (Fsp3) is 0.294. The molecule has 0 aliphatic rings. The lowest BCUT2D eigenvalue weighted by Crippen LogP contribution is -2.31. The molecule has 0 aliphatic heterocycles. The van der Waals surface area contributed by atoms with Crippen molar-refractivity contribution in [3.8, 4) is 0 Å². The highest BCUT2D eigenvalue weighted by atomic mass is 32.2. The molecule has 2 aromatic rings. The average Bonchev–Trinajstić information content (AvgIpc) is 2.55. The van der Waals surface area contributed by atoms with E-state index in [1.165, 1.54) is 26.1 Å². The summed E-state index contributed by atoms with van der Waals surface area (Å²) in [5, 5.41) is 0. The number of alkyl halides is 3. The second-order valence-electron chi connectivity index (χ2n) is 5.82. The largest absolute Gasteiger partial charge is 0.416 e. The van der Waals surface area contributed by atoms with Gasteiger partial charge in [-0.3, -0.25) is 0 Å². The van der Waals surface area contributed by atoms with Crippen molar-refractivity contribution in [2.24, 2.45) is 0 Å². The Hall–Kier alpha value is -2.00. The van der Waals surface area contributed by atoms with Gasteiger partial charge in [0.1, 0.15) is 0 Å². The molecule has 0 saturated heterocycles. The first-order valence-corrected chi connectivity index (χ1v) is 9.09. The molecule has 0 spiro atoms. The number of hydrogen-bond acceptors (Lipinski definition) is 2. The average molecular weight is 393 g/mol. The second-order valence-corrected chi connectivity index (χ2v) is 7.85. The van der Waals surface area contributed by atoms with Gasteiger partial charge in [-0.1, -0.05) is 24.3 Å². The van der Waals surface area contributed by atoms with Gasteiger partial charge in [0.15, 0.2) is 11.6 Å². The van der Waals surface area contributed by atoms with Crippen LogP contribution in [0.3, 0.4) is 0 Å². The summed E-state index contributed by atoms with van der Waals surface area (Å²) in [6.45, 7) is 1.47. The number of rotatable bonds is 5. The molecular weight excluding hydrogens is 377 g/mol. The summed E-state index contributed by atoms with van der Waals surface area (Å²) < 4.78 is 90.6. The maximum absolute atomic E-state index is 13.4. The predicted octanol–water partition coefficient (Wildman–Crippen LogP) is 4.51. The Labute approximate surface area is 148 Å². The van der Waals surface area contributed by atoms with Gasteiger partial charge in [-0.05, 0) is 36.2 Å². The van der Waals surface area contributed by atoms with Crippen molar-refractivity contribution in [1.29, 1.82) is 0 Å². The molecule has 2 rings (SSSR count). The molecule has 0 aromatic heterocycles. The Morgan fingerprint density at radius 1 is 1.04 bits per heavy atom. The summed E-state index contributed by atoms with van der Waals surface area (Å²) in [5.41, 5.74) is -0.746. The molecule has 2 aromatic carbocycles. The topological polar surface area (TPSA) is 37.4 Å². The molecule has 0 heterocycles. The highest BCUT2D eigenvalue weighted by Gasteiger charge is 2.31. The van der Waals surface area contributed by atoms with Crippen molar-refractivity contribution in [2.75, 3.05) is 7.05 Å². The highest BCUT2D eigenvalue weighted by Crippen LogP contribution is 2.30. The Bertz CT molecular complexity index is 896. The van der Waals surface area contributed by atoms with Crippen molar-refractivity contribution < 1.29 is 30.4 Å². The Morgan fingerprint density at radius 2 is 1.69 bits per heavy atom. The van der Waals surface area contributed by atoms with Gasteiger partial charge in [0.25, 0.3) is 0 Å². The van der Waals surface area contributed by atoms with Crippen molar-refractivity contribution in [2.45, 2.75) is 24.9 Å². The van der Waals surface area contributed by atoms with E-state index >= 15 is 0 Å². The maximum atomic E-state index is 13.4. The minimum absolute atomic E-state index is 0.0239. The molecule has 0 aliphatic carbocycles. The van der Waals surface area contributed by atoms with Crippen molar-refractivity contribution >= 4 is 10.0 Å². The van der Waals surface area contributed by atoms with E-state index in [0.29, 0.717) is 0 Å². The van der Waals surface area contributed by atoms with Crippen LogP contribution in [-0.2, 0) is 22.0 Å². The number of benzene rings is 2. The van der Waals surface area contributed by atoms with Crippen LogP contribution in [0.1, 0.15) is 29.7 Å². The molecule has 142 valence electrons. The van der Waals surface area contributed by atoms with E-state index in [1.54, 1.807) is 0 Å². The summed E-state index contributed by atoms with van der Waals surface area (Å²) in [5.74, 6) is -2.82. The molecule has 0 bridgehead atoms. The fourth-order valence-corrected chi connectivity index (χ4v) is 3.78. The smallest absolute Gasteiger partial charge is 0.212 e. The Balaban J connectivity index is 2.25. The molecule has 1 atom stereocenters. The maximum Gasteiger partial charge on any atom is 0.416 e. The molecule has 0 N–H and O–H groups in total. The first-order chi connectivity index (χ1) is 11.9. The van der Waals surface area contributed by atoms with Crippen LogP contribution in [0, 0.1) is 11.6 Å². The quantitative estimate of drug-likeness (QED) is 0.701. The molecule has 0 amide bonds. The van der Waals surface area contributed by atoms with Gasteiger partial charge in [-0.15, -0.1) is 0 Å². The van der Waals surface area contributed by atoms with E-state index in [-0.39, 0.29) is 11.1 Å². The minimum atomic E-state index is -4.58. The molecule has 1 unspecified atom stereocenters. The summed E-state index contributed by atoms with van der Waals surface area (Å²) in [6.07, 6.45) is -4.58. The second kappa shape index (κ2) is 7.32. The lowest BCUT2D eigenvalue weighted by atomic mass is 10.1. The zero-order valence-electron chi connectivity index (χ0n) is 13.9. The lowest BCUT2D eigenvalue weighted by Gasteiger charge is -2.25. The number of hydrogen-bond donors (Lipinski definition) is 0. The van der Waals surface area contributed by atoms with E-state index in [0.717, 1.165) is 34.6 Å². The zero-order chi connectivity index (χ0) is 19.7. The van der Waals surface area contributed by atoms with E-state index < -0.39 is 45.2 Å². The third-order valence-electron chi connectivity index (χ3n) is 4.01. The van der Waals surface area contributed by atoms with Gasteiger partial charge in [0.2, 0.25) is 10.0 Å². The summed E-state index contributed by atoms with van der Waals surface area (Å²) in [4.78, 5) is 0. The van der Waals surface area contributed by atoms with Crippen LogP contribution in [0.5, 0.6) is 0 Å². The SMILES string of the molecule is CC(c1ccc(F)c(F)c1)N(C)S(=O)(=O)Cc1cccc(C(F)(F)F)c1.